The molecule has 0 N–H and O–H groups in total. The van der Waals surface area contributed by atoms with Crippen LogP contribution >= 0.6 is 11.3 Å². The van der Waals surface area contributed by atoms with Gasteiger partial charge in [-0.05, 0) is 24.6 Å². The van der Waals surface area contributed by atoms with Gasteiger partial charge in [-0.3, -0.25) is 9.67 Å². The second-order valence-corrected chi connectivity index (χ2v) is 7.46. The monoisotopic (exact) mass is 434 g/mol. The molecule has 0 saturated heterocycles. The van der Waals surface area contributed by atoms with Crippen molar-refractivity contribution in [2.45, 2.75) is 19.6 Å². The number of thiophene rings is 1. The van der Waals surface area contributed by atoms with Gasteiger partial charge in [0, 0.05) is 53.3 Å². The highest BCUT2D eigenvalue weighted by atomic mass is 32.1. The van der Waals surface area contributed by atoms with Gasteiger partial charge in [0.25, 0.3) is 0 Å². The Bertz CT molecular complexity index is 1310. The molecule has 4 nitrogen and oxygen atoms in total. The van der Waals surface area contributed by atoms with Gasteiger partial charge in [-0.25, -0.2) is 8.78 Å². The average molecular weight is 434 g/mol. The van der Waals surface area contributed by atoms with Gasteiger partial charge in [0.15, 0.2) is 5.69 Å². The summed E-state index contributed by atoms with van der Waals surface area (Å²) < 4.78 is 71.5. The lowest BCUT2D eigenvalue weighted by atomic mass is 9.93. The number of aryl methyl sites for hydroxylation is 1. The van der Waals surface area contributed by atoms with Gasteiger partial charge in [0.05, 0.1) is 4.70 Å². The standard InChI is InChI=1S/C20H11F5N4S/c1-2-29-9-15(19(28-29)20(23,24)25)18-13(3-10(21)4-16(18)22)14-7-27-8-17-12(14)5-11(6-26)30-17/h3-5,7-9H,2H2,1H3. The van der Waals surface area contributed by atoms with E-state index in [0.717, 1.165) is 28.3 Å². The lowest BCUT2D eigenvalue weighted by Gasteiger charge is -2.13. The maximum Gasteiger partial charge on any atom is 0.435 e. The molecule has 0 aliphatic rings. The maximum absolute atomic E-state index is 14.9. The smallest absolute Gasteiger partial charge is 0.272 e. The fourth-order valence-electron chi connectivity index (χ4n) is 3.27. The van der Waals surface area contributed by atoms with Crippen molar-refractivity contribution < 1.29 is 22.0 Å². The van der Waals surface area contributed by atoms with E-state index >= 15 is 0 Å². The molecule has 0 aliphatic heterocycles. The van der Waals surface area contributed by atoms with E-state index < -0.39 is 34.6 Å². The van der Waals surface area contributed by atoms with E-state index in [2.05, 4.69) is 10.1 Å². The van der Waals surface area contributed by atoms with Crippen molar-refractivity contribution in [2.75, 3.05) is 0 Å². The summed E-state index contributed by atoms with van der Waals surface area (Å²) >= 11 is 1.12. The van der Waals surface area contributed by atoms with Crippen LogP contribution in [0.2, 0.25) is 0 Å². The van der Waals surface area contributed by atoms with Crippen LogP contribution in [-0.4, -0.2) is 14.8 Å². The number of benzene rings is 1. The van der Waals surface area contributed by atoms with Crippen molar-refractivity contribution in [2.24, 2.45) is 0 Å². The summed E-state index contributed by atoms with van der Waals surface area (Å²) in [4.78, 5) is 4.38. The van der Waals surface area contributed by atoms with Crippen molar-refractivity contribution >= 4 is 21.4 Å². The van der Waals surface area contributed by atoms with E-state index in [-0.39, 0.29) is 17.7 Å². The molecule has 10 heteroatoms. The molecule has 0 aliphatic carbocycles. The van der Waals surface area contributed by atoms with Gasteiger partial charge in [-0.1, -0.05) is 0 Å². The van der Waals surface area contributed by atoms with Crippen molar-refractivity contribution in [3.8, 4) is 28.3 Å². The SMILES string of the molecule is CCn1cc(-c2c(F)cc(F)cc2-c2cncc3sc(C#N)cc23)c(C(F)(F)F)n1. The molecule has 0 bridgehead atoms. The largest absolute Gasteiger partial charge is 0.435 e. The maximum atomic E-state index is 14.9. The molecule has 0 radical (unpaired) electrons. The molecule has 4 rings (SSSR count). The zero-order valence-electron chi connectivity index (χ0n) is 15.3. The van der Waals surface area contributed by atoms with E-state index in [4.69, 9.17) is 5.26 Å². The molecule has 0 spiro atoms. The summed E-state index contributed by atoms with van der Waals surface area (Å²) in [5.41, 5.74) is -2.07. The first kappa shape index (κ1) is 20.0. The van der Waals surface area contributed by atoms with Crippen LogP contribution in [0.15, 0.2) is 36.8 Å². The summed E-state index contributed by atoms with van der Waals surface area (Å²) in [5, 5.41) is 13.2. The zero-order chi connectivity index (χ0) is 21.6. The molecule has 3 aromatic heterocycles. The second-order valence-electron chi connectivity index (χ2n) is 6.38. The average Bonchev–Trinajstić information content (AvgIpc) is 3.30. The van der Waals surface area contributed by atoms with E-state index in [1.54, 1.807) is 6.92 Å². The van der Waals surface area contributed by atoms with Crippen LogP contribution in [0.25, 0.3) is 32.3 Å². The molecule has 4 aromatic rings. The molecule has 0 atom stereocenters. The number of nitrogens with zero attached hydrogens (tertiary/aromatic N) is 4. The molecule has 30 heavy (non-hydrogen) atoms. The third-order valence-electron chi connectivity index (χ3n) is 4.53. The van der Waals surface area contributed by atoms with Gasteiger partial charge < -0.3 is 0 Å². The quantitative estimate of drug-likeness (QED) is 0.371. The van der Waals surface area contributed by atoms with Gasteiger partial charge in [-0.15, -0.1) is 11.3 Å². The highest BCUT2D eigenvalue weighted by molar-refractivity contribution is 7.19. The number of halogens is 5. The number of aromatic nitrogens is 3. The minimum Gasteiger partial charge on any atom is -0.272 e. The van der Waals surface area contributed by atoms with E-state index in [1.165, 1.54) is 18.5 Å². The Hall–Kier alpha value is -3.32. The van der Waals surface area contributed by atoms with Crippen LogP contribution in [-0.2, 0) is 12.7 Å². The van der Waals surface area contributed by atoms with E-state index in [0.29, 0.717) is 21.0 Å². The van der Waals surface area contributed by atoms with Crippen molar-refractivity contribution in [1.82, 2.24) is 14.8 Å². The fourth-order valence-corrected chi connectivity index (χ4v) is 4.12. The number of pyridine rings is 1. The zero-order valence-corrected chi connectivity index (χ0v) is 16.1. The van der Waals surface area contributed by atoms with Crippen molar-refractivity contribution in [3.05, 3.63) is 59.0 Å². The predicted molar refractivity (Wildman–Crippen MR) is 102 cm³/mol. The molecule has 1 aromatic carbocycles. The Morgan fingerprint density at radius 3 is 2.53 bits per heavy atom. The molecule has 0 unspecified atom stereocenters. The van der Waals surface area contributed by atoms with Crippen molar-refractivity contribution in [3.63, 3.8) is 0 Å². The molecular formula is C20H11F5N4S. The molecular weight excluding hydrogens is 423 g/mol. The number of alkyl halides is 3. The molecule has 0 amide bonds. The van der Waals surface area contributed by atoms with E-state index in [9.17, 15) is 22.0 Å². The van der Waals surface area contributed by atoms with E-state index in [1.807, 2.05) is 6.07 Å². The summed E-state index contributed by atoms with van der Waals surface area (Å²) in [6, 6.07) is 4.99. The minimum atomic E-state index is -4.84. The van der Waals surface area contributed by atoms with Gasteiger partial charge in [0.2, 0.25) is 0 Å². The van der Waals surface area contributed by atoms with Gasteiger partial charge >= 0.3 is 6.18 Å². The Morgan fingerprint density at radius 2 is 1.87 bits per heavy atom. The highest BCUT2D eigenvalue weighted by Crippen LogP contribution is 2.44. The lowest BCUT2D eigenvalue weighted by molar-refractivity contribution is -0.141. The topological polar surface area (TPSA) is 54.5 Å². The second kappa shape index (κ2) is 7.18. The fraction of sp³-hybridized carbons (Fsp3) is 0.150. The first-order valence-electron chi connectivity index (χ1n) is 8.65. The lowest BCUT2D eigenvalue weighted by Crippen LogP contribution is -2.09. The Labute approximate surface area is 170 Å². The Morgan fingerprint density at radius 1 is 1.10 bits per heavy atom. The third kappa shape index (κ3) is 3.31. The Balaban J connectivity index is 2.08. The van der Waals surface area contributed by atoms with Crippen LogP contribution in [0.5, 0.6) is 0 Å². The number of hydrogen-bond acceptors (Lipinski definition) is 4. The third-order valence-corrected chi connectivity index (χ3v) is 5.50. The van der Waals surface area contributed by atoms with Crippen LogP contribution in [0.4, 0.5) is 22.0 Å². The highest BCUT2D eigenvalue weighted by Gasteiger charge is 2.39. The van der Waals surface area contributed by atoms with Crippen LogP contribution < -0.4 is 0 Å². The van der Waals surface area contributed by atoms with Crippen LogP contribution in [0, 0.1) is 23.0 Å². The van der Waals surface area contributed by atoms with Crippen molar-refractivity contribution in [1.29, 1.82) is 5.26 Å². The number of rotatable bonds is 3. The predicted octanol–water partition coefficient (Wildman–Crippen LogP) is 6.02. The first-order valence-corrected chi connectivity index (χ1v) is 9.46. The normalized spacial score (nSPS) is 11.8. The number of fused-ring (bicyclic) bond motifs is 1. The van der Waals surface area contributed by atoms with Gasteiger partial charge in [0.1, 0.15) is 22.6 Å². The number of nitriles is 1. The Kier molecular flexibility index (Phi) is 4.78. The molecule has 0 saturated carbocycles. The van der Waals surface area contributed by atoms with Gasteiger partial charge in [-0.2, -0.15) is 23.5 Å². The van der Waals surface area contributed by atoms with Crippen LogP contribution in [0.1, 0.15) is 17.5 Å². The summed E-state index contributed by atoms with van der Waals surface area (Å²) in [6.45, 7) is 1.73. The molecule has 0 fully saturated rings. The summed E-state index contributed by atoms with van der Waals surface area (Å²) in [5.74, 6) is -2.10. The number of hydrogen-bond donors (Lipinski definition) is 0. The molecule has 152 valence electrons. The van der Waals surface area contributed by atoms with Crippen LogP contribution in [0.3, 0.4) is 0 Å². The first-order chi connectivity index (χ1) is 14.2. The summed E-state index contributed by atoms with van der Waals surface area (Å²) in [6.07, 6.45) is -0.958. The summed E-state index contributed by atoms with van der Waals surface area (Å²) in [7, 11) is 0. The minimum absolute atomic E-state index is 0.103. The molecule has 3 heterocycles.